The molecule has 1 rings (SSSR count). The van der Waals surface area contributed by atoms with Crippen molar-refractivity contribution in [3.8, 4) is 0 Å². The van der Waals surface area contributed by atoms with Crippen LogP contribution in [0.5, 0.6) is 0 Å². The number of aryl methyl sites for hydroxylation is 1. The fourth-order valence-electron chi connectivity index (χ4n) is 1.72. The van der Waals surface area contributed by atoms with Crippen molar-refractivity contribution < 1.29 is 14.7 Å². The van der Waals surface area contributed by atoms with Crippen molar-refractivity contribution in [2.24, 2.45) is 5.92 Å². The number of halogens is 1. The van der Waals surface area contributed by atoms with E-state index < -0.39 is 17.9 Å². The van der Waals surface area contributed by atoms with Gasteiger partial charge in [-0.2, -0.15) is 0 Å². The highest BCUT2D eigenvalue weighted by atomic mass is 35.5. The first-order valence-corrected chi connectivity index (χ1v) is 6.85. The molecule has 0 saturated heterocycles. The van der Waals surface area contributed by atoms with Gasteiger partial charge in [0.15, 0.2) is 0 Å². The van der Waals surface area contributed by atoms with Crippen molar-refractivity contribution in [3.05, 3.63) is 28.8 Å². The fourth-order valence-corrected chi connectivity index (χ4v) is 1.90. The molecule has 1 aromatic carbocycles. The van der Waals surface area contributed by atoms with E-state index >= 15 is 0 Å². The number of carboxylic acid groups (broad SMARTS) is 1. The fraction of sp³-hybridized carbons (Fsp3) is 0.429. The Hall–Kier alpha value is -1.75. The Morgan fingerprint density at radius 3 is 2.65 bits per heavy atom. The number of carbonyl (C=O) groups is 2. The van der Waals surface area contributed by atoms with Crippen LogP contribution in [0.25, 0.3) is 0 Å². The summed E-state index contributed by atoms with van der Waals surface area (Å²) in [6.45, 7) is 3.88. The minimum atomic E-state index is -0.898. The summed E-state index contributed by atoms with van der Waals surface area (Å²) in [5, 5.41) is 14.7. The lowest BCUT2D eigenvalue weighted by atomic mass is 10.0. The van der Waals surface area contributed by atoms with Crippen LogP contribution < -0.4 is 10.6 Å². The molecule has 3 N–H and O–H groups in total. The van der Waals surface area contributed by atoms with Gasteiger partial charge < -0.3 is 15.7 Å². The highest BCUT2D eigenvalue weighted by Gasteiger charge is 2.17. The monoisotopic (exact) mass is 298 g/mol. The number of urea groups is 1. The quantitative estimate of drug-likeness (QED) is 0.754. The van der Waals surface area contributed by atoms with Crippen molar-refractivity contribution in [2.45, 2.75) is 26.7 Å². The molecule has 1 unspecified atom stereocenters. The largest absolute Gasteiger partial charge is 0.481 e. The molecule has 0 aliphatic rings. The van der Waals surface area contributed by atoms with Crippen LogP contribution in [0.4, 0.5) is 10.5 Å². The second-order valence-electron chi connectivity index (χ2n) is 4.62. The van der Waals surface area contributed by atoms with Gasteiger partial charge in [0.2, 0.25) is 0 Å². The van der Waals surface area contributed by atoms with E-state index in [4.69, 9.17) is 16.7 Å². The first-order valence-electron chi connectivity index (χ1n) is 6.47. The Morgan fingerprint density at radius 1 is 1.40 bits per heavy atom. The third kappa shape index (κ3) is 5.09. The number of carbonyl (C=O) groups excluding carboxylic acids is 1. The Labute approximate surface area is 123 Å². The zero-order chi connectivity index (χ0) is 15.1. The average molecular weight is 299 g/mol. The molecule has 110 valence electrons. The van der Waals surface area contributed by atoms with Gasteiger partial charge in [-0.25, -0.2) is 4.79 Å². The van der Waals surface area contributed by atoms with Crippen LogP contribution in [0.15, 0.2) is 18.2 Å². The molecular weight excluding hydrogens is 280 g/mol. The Morgan fingerprint density at radius 2 is 2.10 bits per heavy atom. The summed E-state index contributed by atoms with van der Waals surface area (Å²) in [5.41, 5.74) is 1.49. The molecule has 0 aliphatic carbocycles. The lowest BCUT2D eigenvalue weighted by molar-refractivity contribution is -0.141. The number of rotatable bonds is 6. The van der Waals surface area contributed by atoms with E-state index in [1.54, 1.807) is 18.2 Å². The molecule has 2 amide bonds. The maximum atomic E-state index is 11.7. The summed E-state index contributed by atoms with van der Waals surface area (Å²) in [5.74, 6) is -1.46. The summed E-state index contributed by atoms with van der Waals surface area (Å²) in [6.07, 6.45) is 1.29. The predicted molar refractivity (Wildman–Crippen MR) is 79.2 cm³/mol. The summed E-state index contributed by atoms with van der Waals surface area (Å²) < 4.78 is 0. The molecule has 6 heteroatoms. The molecule has 0 aliphatic heterocycles. The van der Waals surface area contributed by atoms with Crippen LogP contribution in [0, 0.1) is 12.8 Å². The van der Waals surface area contributed by atoms with Gasteiger partial charge in [-0.3, -0.25) is 4.79 Å². The van der Waals surface area contributed by atoms with Crippen molar-refractivity contribution in [2.75, 3.05) is 11.9 Å². The van der Waals surface area contributed by atoms with Crippen molar-refractivity contribution >= 4 is 29.3 Å². The molecular formula is C14H19ClN2O3. The van der Waals surface area contributed by atoms with Crippen LogP contribution in [-0.2, 0) is 4.79 Å². The standard InChI is InChI=1S/C14H19ClN2O3/c1-3-4-10(13(18)19)8-16-14(20)17-11-6-5-9(2)12(15)7-11/h5-7,10H,3-4,8H2,1-2H3,(H,18,19)(H2,16,17,20). The zero-order valence-electron chi connectivity index (χ0n) is 11.6. The normalized spacial score (nSPS) is 11.8. The molecule has 1 atom stereocenters. The van der Waals surface area contributed by atoms with E-state index in [2.05, 4.69) is 10.6 Å². The summed E-state index contributed by atoms with van der Waals surface area (Å²) in [6, 6.07) is 4.75. The van der Waals surface area contributed by atoms with Crippen LogP contribution >= 0.6 is 11.6 Å². The van der Waals surface area contributed by atoms with E-state index in [9.17, 15) is 9.59 Å². The van der Waals surface area contributed by atoms with Gasteiger partial charge in [-0.15, -0.1) is 0 Å². The van der Waals surface area contributed by atoms with Crippen LogP contribution in [-0.4, -0.2) is 23.7 Å². The molecule has 0 fully saturated rings. The van der Waals surface area contributed by atoms with E-state index in [1.807, 2.05) is 13.8 Å². The number of benzene rings is 1. The Kier molecular flexibility index (Phi) is 6.31. The van der Waals surface area contributed by atoms with E-state index in [-0.39, 0.29) is 6.54 Å². The van der Waals surface area contributed by atoms with Gasteiger partial charge in [0.05, 0.1) is 5.92 Å². The molecule has 20 heavy (non-hydrogen) atoms. The van der Waals surface area contributed by atoms with Gasteiger partial charge >= 0.3 is 12.0 Å². The van der Waals surface area contributed by atoms with Crippen molar-refractivity contribution in [1.82, 2.24) is 5.32 Å². The van der Waals surface area contributed by atoms with Crippen molar-refractivity contribution in [1.29, 1.82) is 0 Å². The Balaban J connectivity index is 2.50. The van der Waals surface area contributed by atoms with Gasteiger partial charge in [0.25, 0.3) is 0 Å². The number of hydrogen-bond donors (Lipinski definition) is 3. The second kappa shape index (κ2) is 7.75. The molecule has 0 bridgehead atoms. The van der Waals surface area contributed by atoms with E-state index in [1.165, 1.54) is 0 Å². The number of carboxylic acids is 1. The smallest absolute Gasteiger partial charge is 0.319 e. The Bertz CT molecular complexity index is 491. The maximum Gasteiger partial charge on any atom is 0.319 e. The molecule has 0 saturated carbocycles. The maximum absolute atomic E-state index is 11.7. The van der Waals surface area contributed by atoms with E-state index in [0.29, 0.717) is 17.1 Å². The number of nitrogens with one attached hydrogen (secondary N) is 2. The van der Waals surface area contributed by atoms with Gasteiger partial charge in [-0.05, 0) is 31.0 Å². The molecule has 5 nitrogen and oxygen atoms in total. The van der Waals surface area contributed by atoms with Crippen LogP contribution in [0.2, 0.25) is 5.02 Å². The van der Waals surface area contributed by atoms with Gasteiger partial charge in [0.1, 0.15) is 0 Å². The number of hydrogen-bond acceptors (Lipinski definition) is 2. The van der Waals surface area contributed by atoms with Crippen molar-refractivity contribution in [3.63, 3.8) is 0 Å². The highest BCUT2D eigenvalue weighted by molar-refractivity contribution is 6.31. The van der Waals surface area contributed by atoms with E-state index in [0.717, 1.165) is 12.0 Å². The predicted octanol–water partition coefficient (Wildman–Crippen LogP) is 3.27. The third-order valence-electron chi connectivity index (χ3n) is 2.93. The first kappa shape index (κ1) is 16.3. The molecule has 0 aromatic heterocycles. The van der Waals surface area contributed by atoms with Gasteiger partial charge in [-0.1, -0.05) is 31.0 Å². The second-order valence-corrected chi connectivity index (χ2v) is 5.03. The average Bonchev–Trinajstić information content (AvgIpc) is 2.38. The zero-order valence-corrected chi connectivity index (χ0v) is 12.3. The lowest BCUT2D eigenvalue weighted by Gasteiger charge is -2.13. The number of aliphatic carboxylic acids is 1. The molecule has 0 spiro atoms. The molecule has 0 radical (unpaired) electrons. The molecule has 1 aromatic rings. The van der Waals surface area contributed by atoms with Crippen LogP contribution in [0.1, 0.15) is 25.3 Å². The minimum absolute atomic E-state index is 0.106. The number of anilines is 1. The molecule has 0 heterocycles. The third-order valence-corrected chi connectivity index (χ3v) is 3.33. The summed E-state index contributed by atoms with van der Waals surface area (Å²) in [7, 11) is 0. The van der Waals surface area contributed by atoms with Crippen LogP contribution in [0.3, 0.4) is 0 Å². The minimum Gasteiger partial charge on any atom is -0.481 e. The SMILES string of the molecule is CCCC(CNC(=O)Nc1ccc(C)c(Cl)c1)C(=O)O. The lowest BCUT2D eigenvalue weighted by Crippen LogP contribution is -2.35. The van der Waals surface area contributed by atoms with Gasteiger partial charge in [0, 0.05) is 17.3 Å². The highest BCUT2D eigenvalue weighted by Crippen LogP contribution is 2.19. The summed E-state index contributed by atoms with van der Waals surface area (Å²) in [4.78, 5) is 22.6. The topological polar surface area (TPSA) is 78.4 Å². The number of amides is 2. The summed E-state index contributed by atoms with van der Waals surface area (Å²) >= 11 is 5.96. The first-order chi connectivity index (χ1) is 9.43.